The molecule has 0 aromatic rings. The molecule has 0 spiro atoms. The summed E-state index contributed by atoms with van der Waals surface area (Å²) in [4.78, 5) is 47.5. The van der Waals surface area contributed by atoms with E-state index in [1.165, 1.54) is 0 Å². The number of ether oxygens (including phenoxy) is 1. The SMILES string of the molecule is CCCN(CC=N/C(=C\SC)C1=CN(C)C(=O)C2C=CC=CC12)C(=O)C(NC(=O)[C@H](C)NC)C1CCOCC1. The van der Waals surface area contributed by atoms with Gasteiger partial charge in [0.05, 0.1) is 24.2 Å². The van der Waals surface area contributed by atoms with E-state index in [1.807, 2.05) is 49.1 Å². The molecule has 1 saturated heterocycles. The zero-order valence-electron chi connectivity index (χ0n) is 23.8. The summed E-state index contributed by atoms with van der Waals surface area (Å²) in [7, 11) is 3.50. The van der Waals surface area contributed by atoms with E-state index in [0.29, 0.717) is 26.3 Å². The zero-order valence-corrected chi connectivity index (χ0v) is 24.6. The number of carbonyl (C=O) groups excluding carboxylic acids is 3. The molecule has 0 aromatic carbocycles. The van der Waals surface area contributed by atoms with Gasteiger partial charge in [0.25, 0.3) is 0 Å². The lowest BCUT2D eigenvalue weighted by Crippen LogP contribution is -2.56. The minimum atomic E-state index is -0.612. The van der Waals surface area contributed by atoms with E-state index in [9.17, 15) is 14.4 Å². The Labute approximate surface area is 236 Å². The molecule has 3 rings (SSSR count). The summed E-state index contributed by atoms with van der Waals surface area (Å²) in [5.74, 6) is -0.529. The first-order chi connectivity index (χ1) is 18.8. The Hall–Kier alpha value is -2.69. The van der Waals surface area contributed by atoms with Gasteiger partial charge >= 0.3 is 0 Å². The van der Waals surface area contributed by atoms with Crippen LogP contribution in [0.15, 0.2) is 52.2 Å². The second kappa shape index (κ2) is 15.2. The van der Waals surface area contributed by atoms with Crippen LogP contribution < -0.4 is 10.6 Å². The van der Waals surface area contributed by atoms with Gasteiger partial charge in [-0.1, -0.05) is 31.2 Å². The monoisotopic (exact) mass is 557 g/mol. The summed E-state index contributed by atoms with van der Waals surface area (Å²) in [5.41, 5.74) is 1.74. The number of hydrogen-bond acceptors (Lipinski definition) is 7. The Bertz CT molecular complexity index is 1030. The van der Waals surface area contributed by atoms with E-state index < -0.39 is 12.1 Å². The predicted octanol–water partition coefficient (Wildman–Crippen LogP) is 2.73. The van der Waals surface area contributed by atoms with Crippen LogP contribution in [0.5, 0.6) is 0 Å². The molecule has 3 amide bonds. The number of hydrogen-bond donors (Lipinski definition) is 2. The van der Waals surface area contributed by atoms with Gasteiger partial charge in [-0.05, 0) is 50.8 Å². The minimum Gasteiger partial charge on any atom is -0.381 e. The number of allylic oxidation sites excluding steroid dienone is 4. The summed E-state index contributed by atoms with van der Waals surface area (Å²) in [5, 5.41) is 7.95. The average molecular weight is 558 g/mol. The van der Waals surface area contributed by atoms with Gasteiger partial charge in [-0.3, -0.25) is 19.4 Å². The van der Waals surface area contributed by atoms with E-state index in [4.69, 9.17) is 9.73 Å². The molecule has 2 heterocycles. The fourth-order valence-electron chi connectivity index (χ4n) is 5.09. The number of likely N-dealkylation sites (N-methyl/N-ethyl adjacent to an activating group) is 1. The second-order valence-corrected chi connectivity index (χ2v) is 10.8. The highest BCUT2D eigenvalue weighted by atomic mass is 32.2. The third-order valence-electron chi connectivity index (χ3n) is 7.45. The lowest BCUT2D eigenvalue weighted by atomic mass is 9.79. The Kier molecular flexibility index (Phi) is 12.0. The van der Waals surface area contributed by atoms with E-state index in [1.54, 1.807) is 48.8 Å². The number of fused-ring (bicyclic) bond motifs is 1. The highest BCUT2D eigenvalue weighted by Crippen LogP contribution is 2.37. The fraction of sp³-hybridized carbons (Fsp3) is 0.586. The topological polar surface area (TPSA) is 103 Å². The number of rotatable bonds is 12. The van der Waals surface area contributed by atoms with Gasteiger partial charge in [0, 0.05) is 50.7 Å². The van der Waals surface area contributed by atoms with Gasteiger partial charge < -0.3 is 25.2 Å². The maximum atomic E-state index is 13.8. The number of nitrogens with zero attached hydrogens (tertiary/aromatic N) is 3. The number of carbonyl (C=O) groups is 3. The molecule has 9 nitrogen and oxygen atoms in total. The van der Waals surface area contributed by atoms with Crippen LogP contribution in [0, 0.1) is 17.8 Å². The molecule has 2 N–H and O–H groups in total. The second-order valence-electron chi connectivity index (χ2n) is 10.1. The first kappa shape index (κ1) is 30.8. The third-order valence-corrected chi connectivity index (χ3v) is 7.91. The van der Waals surface area contributed by atoms with Gasteiger partial charge in [0.2, 0.25) is 17.7 Å². The van der Waals surface area contributed by atoms with E-state index in [-0.39, 0.29) is 35.5 Å². The van der Waals surface area contributed by atoms with Crippen molar-refractivity contribution in [3.05, 3.63) is 47.2 Å². The third kappa shape index (κ3) is 7.93. The molecular weight excluding hydrogens is 514 g/mol. The van der Waals surface area contributed by atoms with Gasteiger partial charge in [-0.15, -0.1) is 11.8 Å². The zero-order chi connectivity index (χ0) is 28.4. The van der Waals surface area contributed by atoms with E-state index in [0.717, 1.165) is 30.5 Å². The molecule has 0 bridgehead atoms. The highest BCUT2D eigenvalue weighted by Gasteiger charge is 2.36. The maximum Gasteiger partial charge on any atom is 0.245 e. The van der Waals surface area contributed by atoms with E-state index >= 15 is 0 Å². The molecule has 4 atom stereocenters. The summed E-state index contributed by atoms with van der Waals surface area (Å²) in [6.07, 6.45) is 15.7. The van der Waals surface area contributed by atoms with Crippen LogP contribution in [0.25, 0.3) is 0 Å². The molecule has 39 heavy (non-hydrogen) atoms. The molecule has 2 aliphatic heterocycles. The van der Waals surface area contributed by atoms with E-state index in [2.05, 4.69) is 10.6 Å². The van der Waals surface area contributed by atoms with Crippen molar-refractivity contribution in [1.29, 1.82) is 0 Å². The number of thioether (sulfide) groups is 1. The number of amides is 3. The van der Waals surface area contributed by atoms with Crippen LogP contribution in [0.2, 0.25) is 0 Å². The predicted molar refractivity (Wildman–Crippen MR) is 157 cm³/mol. The molecule has 10 heteroatoms. The van der Waals surface area contributed by atoms with Gasteiger partial charge in [-0.2, -0.15) is 0 Å². The first-order valence-electron chi connectivity index (χ1n) is 13.8. The number of aliphatic imine (C=N–C) groups is 1. The standard InChI is InChI=1S/C29H43N5O4S/c1-6-14-34(29(37)26(21-11-16-38-17-12-21)32-27(35)20(2)30-3)15-13-31-25(19-39-5)24-18-33(4)28(36)23-10-8-7-9-22(23)24/h7-10,13,18-23,26,30H,6,11-12,14-17H2,1-5H3,(H,32,35)/b25-19-,31-13?/t20-,22?,23?,26?/m0/s1. The molecule has 3 aliphatic rings. The minimum absolute atomic E-state index is 0.0195. The smallest absolute Gasteiger partial charge is 0.245 e. The summed E-state index contributed by atoms with van der Waals surface area (Å²) >= 11 is 1.55. The van der Waals surface area contributed by atoms with Crippen molar-refractivity contribution in [2.24, 2.45) is 22.7 Å². The Morgan fingerprint density at radius 2 is 1.95 bits per heavy atom. The van der Waals surface area contributed by atoms with Crippen molar-refractivity contribution in [2.45, 2.75) is 45.2 Å². The Morgan fingerprint density at radius 3 is 2.59 bits per heavy atom. The molecule has 3 unspecified atom stereocenters. The maximum absolute atomic E-state index is 13.8. The highest BCUT2D eigenvalue weighted by molar-refractivity contribution is 8.01. The van der Waals surface area contributed by atoms with Gasteiger partial charge in [0.15, 0.2) is 0 Å². The van der Waals surface area contributed by atoms with Crippen molar-refractivity contribution in [3.8, 4) is 0 Å². The molecule has 0 saturated carbocycles. The quantitative estimate of drug-likeness (QED) is 0.358. The molecule has 1 aliphatic carbocycles. The lowest BCUT2D eigenvalue weighted by molar-refractivity contribution is -0.138. The van der Waals surface area contributed by atoms with Crippen LogP contribution >= 0.6 is 11.8 Å². The van der Waals surface area contributed by atoms with Crippen molar-refractivity contribution in [1.82, 2.24) is 20.4 Å². The summed E-state index contributed by atoms with van der Waals surface area (Å²) < 4.78 is 5.52. The van der Waals surface area contributed by atoms with Crippen molar-refractivity contribution in [2.75, 3.05) is 46.7 Å². The first-order valence-corrected chi connectivity index (χ1v) is 15.0. The summed E-state index contributed by atoms with van der Waals surface area (Å²) in [6, 6.07) is -1.01. The van der Waals surface area contributed by atoms with Gasteiger partial charge in [-0.25, -0.2) is 0 Å². The normalized spacial score (nSPS) is 23.4. The van der Waals surface area contributed by atoms with Crippen LogP contribution in [-0.2, 0) is 19.1 Å². The number of nitrogens with one attached hydrogen (secondary N) is 2. The largest absolute Gasteiger partial charge is 0.381 e. The fourth-order valence-corrected chi connectivity index (χ4v) is 5.51. The Balaban J connectivity index is 1.81. The Morgan fingerprint density at radius 1 is 1.26 bits per heavy atom. The average Bonchev–Trinajstić information content (AvgIpc) is 2.96. The lowest BCUT2D eigenvalue weighted by Gasteiger charge is -2.34. The van der Waals surface area contributed by atoms with Crippen molar-refractivity contribution < 1.29 is 19.1 Å². The van der Waals surface area contributed by atoms with Crippen LogP contribution in [0.1, 0.15) is 33.1 Å². The molecular formula is C29H43N5O4S. The molecule has 1 fully saturated rings. The molecule has 214 valence electrons. The van der Waals surface area contributed by atoms with Crippen LogP contribution in [-0.4, -0.2) is 92.5 Å². The molecule has 0 radical (unpaired) electrons. The van der Waals surface area contributed by atoms with Crippen LogP contribution in [0.4, 0.5) is 0 Å². The van der Waals surface area contributed by atoms with Gasteiger partial charge in [0.1, 0.15) is 6.04 Å². The summed E-state index contributed by atoms with van der Waals surface area (Å²) in [6.45, 7) is 5.86. The van der Waals surface area contributed by atoms with Crippen LogP contribution in [0.3, 0.4) is 0 Å². The van der Waals surface area contributed by atoms with Crippen molar-refractivity contribution in [3.63, 3.8) is 0 Å². The van der Waals surface area contributed by atoms with Crippen molar-refractivity contribution >= 4 is 35.7 Å². The molecule has 0 aromatic heterocycles.